The van der Waals surface area contributed by atoms with E-state index in [2.05, 4.69) is 39.2 Å². The summed E-state index contributed by atoms with van der Waals surface area (Å²) < 4.78 is 6.40. The lowest BCUT2D eigenvalue weighted by Gasteiger charge is -2.30. The van der Waals surface area contributed by atoms with Crippen LogP contribution in [0.2, 0.25) is 0 Å². The van der Waals surface area contributed by atoms with Crippen molar-refractivity contribution >= 4 is 0 Å². The van der Waals surface area contributed by atoms with Gasteiger partial charge < -0.3 is 9.22 Å². The SMILES string of the molecule is CCCCCCCCCCCCCC[N+](C)(C)Cc1cccc(OC)c1. The minimum absolute atomic E-state index is 0.966. The van der Waals surface area contributed by atoms with Crippen LogP contribution in [-0.2, 0) is 6.54 Å². The third-order valence-corrected chi connectivity index (χ3v) is 5.36. The van der Waals surface area contributed by atoms with Crippen molar-refractivity contribution < 1.29 is 9.22 Å². The average molecular weight is 363 g/mol. The Morgan fingerprint density at radius 3 is 1.85 bits per heavy atom. The van der Waals surface area contributed by atoms with Crippen molar-refractivity contribution in [2.45, 2.75) is 90.5 Å². The Morgan fingerprint density at radius 2 is 1.31 bits per heavy atom. The van der Waals surface area contributed by atoms with Crippen LogP contribution < -0.4 is 4.74 Å². The zero-order chi connectivity index (χ0) is 19.1. The fourth-order valence-corrected chi connectivity index (χ4v) is 3.72. The molecule has 0 N–H and O–H groups in total. The largest absolute Gasteiger partial charge is 0.497 e. The number of benzene rings is 1. The van der Waals surface area contributed by atoms with Gasteiger partial charge in [-0.2, -0.15) is 0 Å². The van der Waals surface area contributed by atoms with Gasteiger partial charge in [0.1, 0.15) is 12.3 Å². The first-order valence-electron chi connectivity index (χ1n) is 11.0. The number of hydrogen-bond acceptors (Lipinski definition) is 1. The molecule has 0 heterocycles. The molecular weight excluding hydrogens is 318 g/mol. The normalized spacial score (nSPS) is 11.7. The summed E-state index contributed by atoms with van der Waals surface area (Å²) in [6.07, 6.45) is 17.0. The lowest BCUT2D eigenvalue weighted by molar-refractivity contribution is -0.903. The smallest absolute Gasteiger partial charge is 0.119 e. The fraction of sp³-hybridized carbons (Fsp3) is 0.750. The number of hydrogen-bond donors (Lipinski definition) is 0. The van der Waals surface area contributed by atoms with Gasteiger partial charge in [-0.25, -0.2) is 0 Å². The lowest BCUT2D eigenvalue weighted by atomic mass is 10.1. The molecule has 0 aliphatic rings. The summed E-state index contributed by atoms with van der Waals surface area (Å²) in [5.74, 6) is 0.966. The number of unbranched alkanes of at least 4 members (excludes halogenated alkanes) is 11. The van der Waals surface area contributed by atoms with Gasteiger partial charge >= 0.3 is 0 Å². The van der Waals surface area contributed by atoms with E-state index in [1.807, 2.05) is 6.07 Å². The van der Waals surface area contributed by atoms with Crippen LogP contribution in [-0.4, -0.2) is 32.2 Å². The summed E-state index contributed by atoms with van der Waals surface area (Å²) in [5, 5.41) is 0. The van der Waals surface area contributed by atoms with Crippen molar-refractivity contribution in [3.8, 4) is 5.75 Å². The Labute approximate surface area is 163 Å². The lowest BCUT2D eigenvalue weighted by Crippen LogP contribution is -2.39. The summed E-state index contributed by atoms with van der Waals surface area (Å²) in [6.45, 7) is 4.63. The molecule has 2 nitrogen and oxygen atoms in total. The summed E-state index contributed by atoms with van der Waals surface area (Å²) in [5.41, 5.74) is 1.37. The van der Waals surface area contributed by atoms with E-state index in [-0.39, 0.29) is 0 Å². The maximum atomic E-state index is 5.34. The Morgan fingerprint density at radius 1 is 0.769 bits per heavy atom. The molecule has 150 valence electrons. The van der Waals surface area contributed by atoms with Gasteiger partial charge in [0.25, 0.3) is 0 Å². The molecule has 0 aromatic heterocycles. The van der Waals surface area contributed by atoms with Gasteiger partial charge in [-0.05, 0) is 25.0 Å². The monoisotopic (exact) mass is 362 g/mol. The Balaban J connectivity index is 2.02. The van der Waals surface area contributed by atoms with Crippen LogP contribution in [0.15, 0.2) is 24.3 Å². The highest BCUT2D eigenvalue weighted by atomic mass is 16.5. The summed E-state index contributed by atoms with van der Waals surface area (Å²) >= 11 is 0. The van der Waals surface area contributed by atoms with Crippen LogP contribution in [0.5, 0.6) is 5.75 Å². The molecular formula is C24H44NO+. The van der Waals surface area contributed by atoms with Gasteiger partial charge in [0.05, 0.1) is 27.7 Å². The van der Waals surface area contributed by atoms with Gasteiger partial charge in [-0.15, -0.1) is 0 Å². The van der Waals surface area contributed by atoms with Gasteiger partial charge in [-0.1, -0.05) is 83.3 Å². The van der Waals surface area contributed by atoms with E-state index in [1.54, 1.807) is 7.11 Å². The molecule has 2 heteroatoms. The minimum atomic E-state index is 0.966. The fourth-order valence-electron chi connectivity index (χ4n) is 3.72. The molecule has 0 unspecified atom stereocenters. The molecule has 0 bridgehead atoms. The molecule has 0 amide bonds. The van der Waals surface area contributed by atoms with E-state index in [4.69, 9.17) is 4.74 Å². The van der Waals surface area contributed by atoms with Crippen molar-refractivity contribution in [1.29, 1.82) is 0 Å². The van der Waals surface area contributed by atoms with Crippen molar-refractivity contribution in [1.82, 2.24) is 0 Å². The maximum Gasteiger partial charge on any atom is 0.119 e. The minimum Gasteiger partial charge on any atom is -0.497 e. The maximum absolute atomic E-state index is 5.34. The highest BCUT2D eigenvalue weighted by Gasteiger charge is 2.15. The molecule has 1 aromatic rings. The Bertz CT molecular complexity index is 455. The quantitative estimate of drug-likeness (QED) is 0.228. The van der Waals surface area contributed by atoms with Gasteiger partial charge in [0.15, 0.2) is 0 Å². The standard InChI is InChI=1S/C24H44NO/c1-5-6-7-8-9-10-11-12-13-14-15-16-20-25(2,3)22-23-18-17-19-24(21-23)26-4/h17-19,21H,5-16,20,22H2,1-4H3/q+1. The molecule has 0 aliphatic carbocycles. The summed E-state index contributed by atoms with van der Waals surface area (Å²) in [4.78, 5) is 0. The van der Waals surface area contributed by atoms with Crippen molar-refractivity contribution in [2.24, 2.45) is 0 Å². The van der Waals surface area contributed by atoms with Crippen molar-refractivity contribution in [3.63, 3.8) is 0 Å². The first-order chi connectivity index (χ1) is 12.6. The highest BCUT2D eigenvalue weighted by Crippen LogP contribution is 2.17. The van der Waals surface area contributed by atoms with E-state index in [9.17, 15) is 0 Å². The third kappa shape index (κ3) is 11.6. The summed E-state index contributed by atoms with van der Waals surface area (Å²) in [6, 6.07) is 8.50. The first-order valence-corrected chi connectivity index (χ1v) is 11.0. The first kappa shape index (κ1) is 23.0. The average Bonchev–Trinajstić information content (AvgIpc) is 2.62. The topological polar surface area (TPSA) is 9.23 Å². The zero-order valence-corrected chi connectivity index (χ0v) is 18.1. The molecule has 1 aromatic carbocycles. The third-order valence-electron chi connectivity index (χ3n) is 5.36. The molecule has 0 saturated heterocycles. The molecule has 0 aliphatic heterocycles. The number of nitrogens with zero attached hydrogens (tertiary/aromatic N) is 1. The molecule has 0 radical (unpaired) electrons. The van der Waals surface area contributed by atoms with Crippen LogP contribution in [0.3, 0.4) is 0 Å². The number of ether oxygens (including phenoxy) is 1. The van der Waals surface area contributed by atoms with Crippen LogP contribution in [0, 0.1) is 0 Å². The Hall–Kier alpha value is -1.02. The van der Waals surface area contributed by atoms with Gasteiger partial charge in [0, 0.05) is 5.56 Å². The number of methoxy groups -OCH3 is 1. The second kappa shape index (κ2) is 14.1. The van der Waals surface area contributed by atoms with Crippen molar-refractivity contribution in [2.75, 3.05) is 27.7 Å². The predicted molar refractivity (Wildman–Crippen MR) is 115 cm³/mol. The predicted octanol–water partition coefficient (Wildman–Crippen LogP) is 6.97. The summed E-state index contributed by atoms with van der Waals surface area (Å²) in [7, 11) is 6.43. The van der Waals surface area contributed by atoms with E-state index in [0.29, 0.717) is 0 Å². The van der Waals surface area contributed by atoms with E-state index in [1.165, 1.54) is 89.2 Å². The highest BCUT2D eigenvalue weighted by molar-refractivity contribution is 5.27. The van der Waals surface area contributed by atoms with Gasteiger partial charge in [0.2, 0.25) is 0 Å². The van der Waals surface area contributed by atoms with Crippen LogP contribution >= 0.6 is 0 Å². The molecule has 1 rings (SSSR count). The van der Waals surface area contributed by atoms with Crippen LogP contribution in [0.4, 0.5) is 0 Å². The number of rotatable bonds is 16. The Kier molecular flexibility index (Phi) is 12.5. The van der Waals surface area contributed by atoms with Crippen LogP contribution in [0.25, 0.3) is 0 Å². The van der Waals surface area contributed by atoms with E-state index < -0.39 is 0 Å². The van der Waals surface area contributed by atoms with E-state index >= 15 is 0 Å². The molecule has 0 atom stereocenters. The molecule has 0 fully saturated rings. The van der Waals surface area contributed by atoms with Gasteiger partial charge in [-0.3, -0.25) is 0 Å². The zero-order valence-electron chi connectivity index (χ0n) is 18.1. The van der Waals surface area contributed by atoms with E-state index in [0.717, 1.165) is 16.8 Å². The van der Waals surface area contributed by atoms with Crippen LogP contribution in [0.1, 0.15) is 89.5 Å². The molecule has 0 saturated carbocycles. The van der Waals surface area contributed by atoms with Crippen molar-refractivity contribution in [3.05, 3.63) is 29.8 Å². The second-order valence-electron chi connectivity index (χ2n) is 8.56. The second-order valence-corrected chi connectivity index (χ2v) is 8.56. The number of quaternary nitrogens is 1. The molecule has 26 heavy (non-hydrogen) atoms. The molecule has 0 spiro atoms.